The van der Waals surface area contributed by atoms with E-state index >= 15 is 0 Å². The van der Waals surface area contributed by atoms with Crippen LogP contribution in [-0.4, -0.2) is 51.8 Å². The minimum Gasteiger partial charge on any atom is -0.298 e. The van der Waals surface area contributed by atoms with Crippen LogP contribution >= 0.6 is 15.9 Å². The Balaban J connectivity index is 1.71. The van der Waals surface area contributed by atoms with Crippen LogP contribution < -0.4 is 0 Å². The summed E-state index contributed by atoms with van der Waals surface area (Å²) in [6.45, 7) is 11.2. The molecule has 0 bridgehead atoms. The van der Waals surface area contributed by atoms with E-state index in [2.05, 4.69) is 49.4 Å². The van der Waals surface area contributed by atoms with Gasteiger partial charge in [-0.1, -0.05) is 0 Å². The van der Waals surface area contributed by atoms with Crippen molar-refractivity contribution >= 4 is 15.9 Å². The van der Waals surface area contributed by atoms with E-state index in [0.29, 0.717) is 0 Å². The Morgan fingerprint density at radius 1 is 1.32 bits per heavy atom. The number of aromatic nitrogens is 2. The van der Waals surface area contributed by atoms with Crippen molar-refractivity contribution in [1.29, 1.82) is 0 Å². The second kappa shape index (κ2) is 5.54. The first-order valence-corrected chi connectivity index (χ1v) is 8.16. The predicted octanol–water partition coefficient (Wildman–Crippen LogP) is 2.25. The first kappa shape index (κ1) is 13.6. The molecule has 0 radical (unpaired) electrons. The maximum Gasteiger partial charge on any atom is 0.0739 e. The molecular weight excluding hydrogens is 304 g/mol. The molecule has 2 aliphatic heterocycles. The molecule has 4 nitrogen and oxygen atoms in total. The van der Waals surface area contributed by atoms with Gasteiger partial charge in [-0.3, -0.25) is 14.5 Å². The number of nitrogens with zero attached hydrogens (tertiary/aromatic N) is 4. The first-order valence-electron chi connectivity index (χ1n) is 7.37. The third-order valence-electron chi connectivity index (χ3n) is 4.50. The van der Waals surface area contributed by atoms with Gasteiger partial charge in [-0.15, -0.1) is 0 Å². The minimum absolute atomic E-state index is 0.798. The fraction of sp³-hybridized carbons (Fsp3) is 0.786. The molecule has 3 rings (SSSR count). The summed E-state index contributed by atoms with van der Waals surface area (Å²) < 4.78 is 3.34. The summed E-state index contributed by atoms with van der Waals surface area (Å²) in [5.41, 5.74) is 2.45. The van der Waals surface area contributed by atoms with Crippen LogP contribution in [0.3, 0.4) is 0 Å². The van der Waals surface area contributed by atoms with Crippen molar-refractivity contribution in [1.82, 2.24) is 19.6 Å². The van der Waals surface area contributed by atoms with Crippen molar-refractivity contribution in [2.24, 2.45) is 0 Å². The van der Waals surface area contributed by atoms with Gasteiger partial charge in [-0.05, 0) is 49.2 Å². The molecule has 0 amide bonds. The predicted molar refractivity (Wildman–Crippen MR) is 80.2 cm³/mol. The van der Waals surface area contributed by atoms with Gasteiger partial charge >= 0.3 is 0 Å². The largest absolute Gasteiger partial charge is 0.298 e. The zero-order valence-corrected chi connectivity index (χ0v) is 13.5. The number of fused-ring (bicyclic) bond motifs is 1. The Hall–Kier alpha value is -0.390. The van der Waals surface area contributed by atoms with Crippen LogP contribution in [0.2, 0.25) is 0 Å². The highest BCUT2D eigenvalue weighted by Gasteiger charge is 2.31. The molecule has 5 heteroatoms. The molecule has 2 fully saturated rings. The van der Waals surface area contributed by atoms with Gasteiger partial charge in [0.2, 0.25) is 0 Å². The zero-order chi connectivity index (χ0) is 13.4. The molecule has 3 heterocycles. The Labute approximate surface area is 123 Å². The van der Waals surface area contributed by atoms with Crippen LogP contribution in [0.5, 0.6) is 0 Å². The molecule has 2 aliphatic rings. The molecular formula is C14H23BrN4. The molecule has 0 N–H and O–H groups in total. The highest BCUT2D eigenvalue weighted by atomic mass is 79.9. The number of piperazine rings is 1. The summed E-state index contributed by atoms with van der Waals surface area (Å²) in [4.78, 5) is 5.26. The van der Waals surface area contributed by atoms with Crippen molar-refractivity contribution < 1.29 is 0 Å². The second-order valence-corrected chi connectivity index (χ2v) is 6.52. The van der Waals surface area contributed by atoms with Crippen molar-refractivity contribution in [3.8, 4) is 0 Å². The van der Waals surface area contributed by atoms with Crippen LogP contribution in [0.25, 0.3) is 0 Å². The summed E-state index contributed by atoms with van der Waals surface area (Å²) in [7, 11) is 0. The van der Waals surface area contributed by atoms with Gasteiger partial charge in [-0.25, -0.2) is 0 Å². The molecule has 1 aromatic rings. The molecule has 1 aromatic heterocycles. The second-order valence-electron chi connectivity index (χ2n) is 5.73. The standard InChI is InChI=1S/C14H23BrN4/c1-3-19-13(14(15)11(2)16-19)10-17-7-8-18-6-4-5-12(18)9-17/h12H,3-10H2,1-2H3. The average molecular weight is 327 g/mol. The van der Waals surface area contributed by atoms with Gasteiger partial charge in [0.1, 0.15) is 0 Å². The number of hydrogen-bond donors (Lipinski definition) is 0. The monoisotopic (exact) mass is 326 g/mol. The van der Waals surface area contributed by atoms with Crippen molar-refractivity contribution in [2.45, 2.75) is 45.8 Å². The minimum atomic E-state index is 0.798. The van der Waals surface area contributed by atoms with Crippen LogP contribution in [0.1, 0.15) is 31.2 Å². The van der Waals surface area contributed by atoms with Crippen molar-refractivity contribution in [3.63, 3.8) is 0 Å². The Morgan fingerprint density at radius 3 is 2.95 bits per heavy atom. The van der Waals surface area contributed by atoms with Crippen LogP contribution in [0.15, 0.2) is 4.47 Å². The van der Waals surface area contributed by atoms with Crippen molar-refractivity contribution in [3.05, 3.63) is 15.9 Å². The lowest BCUT2D eigenvalue weighted by molar-refractivity contribution is 0.0971. The molecule has 0 saturated carbocycles. The van der Waals surface area contributed by atoms with E-state index in [1.807, 2.05) is 0 Å². The quantitative estimate of drug-likeness (QED) is 0.851. The Morgan fingerprint density at radius 2 is 2.16 bits per heavy atom. The van der Waals surface area contributed by atoms with Crippen molar-refractivity contribution in [2.75, 3.05) is 26.2 Å². The van der Waals surface area contributed by atoms with E-state index in [1.54, 1.807) is 0 Å². The average Bonchev–Trinajstić information content (AvgIpc) is 2.98. The normalized spacial score (nSPS) is 24.9. The summed E-state index contributed by atoms with van der Waals surface area (Å²) in [5, 5.41) is 4.59. The van der Waals surface area contributed by atoms with Crippen LogP contribution in [0.4, 0.5) is 0 Å². The molecule has 1 atom stereocenters. The van der Waals surface area contributed by atoms with Gasteiger partial charge in [0, 0.05) is 38.8 Å². The van der Waals surface area contributed by atoms with Crippen LogP contribution in [0, 0.1) is 6.92 Å². The number of aryl methyl sites for hydroxylation is 2. The highest BCUT2D eigenvalue weighted by molar-refractivity contribution is 9.10. The Kier molecular flexibility index (Phi) is 3.96. The van der Waals surface area contributed by atoms with Gasteiger partial charge in [-0.2, -0.15) is 5.10 Å². The maximum atomic E-state index is 4.59. The van der Waals surface area contributed by atoms with E-state index in [1.165, 1.54) is 49.2 Å². The number of rotatable bonds is 3. The molecule has 2 saturated heterocycles. The topological polar surface area (TPSA) is 24.3 Å². The Bertz CT molecular complexity index is 457. The number of hydrogen-bond acceptors (Lipinski definition) is 3. The summed E-state index contributed by atoms with van der Waals surface area (Å²) >= 11 is 3.70. The van der Waals surface area contributed by atoms with Gasteiger partial charge in [0.05, 0.1) is 15.9 Å². The molecule has 0 spiro atoms. The highest BCUT2D eigenvalue weighted by Crippen LogP contribution is 2.26. The van der Waals surface area contributed by atoms with E-state index in [0.717, 1.165) is 24.8 Å². The molecule has 0 aliphatic carbocycles. The SMILES string of the molecule is CCn1nc(C)c(Br)c1CN1CCN2CCCC2C1. The molecule has 1 unspecified atom stereocenters. The summed E-state index contributed by atoms with van der Waals surface area (Å²) in [5.74, 6) is 0. The maximum absolute atomic E-state index is 4.59. The first-order chi connectivity index (χ1) is 9.19. The fourth-order valence-corrected chi connectivity index (χ4v) is 3.84. The van der Waals surface area contributed by atoms with Gasteiger partial charge in [0.25, 0.3) is 0 Å². The third-order valence-corrected chi connectivity index (χ3v) is 5.53. The molecule has 19 heavy (non-hydrogen) atoms. The van der Waals surface area contributed by atoms with E-state index in [9.17, 15) is 0 Å². The van der Waals surface area contributed by atoms with Crippen LogP contribution in [-0.2, 0) is 13.1 Å². The lowest BCUT2D eigenvalue weighted by Gasteiger charge is -2.37. The fourth-order valence-electron chi connectivity index (χ4n) is 3.43. The molecule has 106 valence electrons. The number of halogens is 1. The van der Waals surface area contributed by atoms with E-state index in [-0.39, 0.29) is 0 Å². The molecule has 0 aromatic carbocycles. The van der Waals surface area contributed by atoms with Gasteiger partial charge in [0.15, 0.2) is 0 Å². The third kappa shape index (κ3) is 2.60. The smallest absolute Gasteiger partial charge is 0.0739 e. The van der Waals surface area contributed by atoms with E-state index in [4.69, 9.17) is 0 Å². The zero-order valence-electron chi connectivity index (χ0n) is 11.9. The van der Waals surface area contributed by atoms with E-state index < -0.39 is 0 Å². The summed E-state index contributed by atoms with van der Waals surface area (Å²) in [6, 6.07) is 0.798. The lowest BCUT2D eigenvalue weighted by atomic mass is 10.1. The summed E-state index contributed by atoms with van der Waals surface area (Å²) in [6.07, 6.45) is 2.76. The van der Waals surface area contributed by atoms with Gasteiger partial charge < -0.3 is 0 Å². The lowest BCUT2D eigenvalue weighted by Crippen LogP contribution is -2.49.